The van der Waals surface area contributed by atoms with Gasteiger partial charge in [-0.15, -0.1) is 4.91 Å². The highest BCUT2D eigenvalue weighted by Crippen LogP contribution is 2.30. The van der Waals surface area contributed by atoms with Crippen LogP contribution in [0.3, 0.4) is 0 Å². The lowest BCUT2D eigenvalue weighted by Gasteiger charge is -1.99. The maximum atomic E-state index is 10.1. The van der Waals surface area contributed by atoms with Crippen molar-refractivity contribution in [1.29, 1.82) is 0 Å². The summed E-state index contributed by atoms with van der Waals surface area (Å²) in [7, 11) is 0. The number of aryl methyl sites for hydroxylation is 1. The molecule has 1 rings (SSSR count). The van der Waals surface area contributed by atoms with Crippen LogP contribution in [-0.4, -0.2) is 5.11 Å². The van der Waals surface area contributed by atoms with Crippen molar-refractivity contribution in [3.05, 3.63) is 27.6 Å². The first-order valence-corrected chi connectivity index (χ1v) is 3.35. The SMILES string of the molecule is Cc1cc(O)c(Cl)cc1N=O. The summed E-state index contributed by atoms with van der Waals surface area (Å²) in [6.45, 7) is 1.67. The summed E-state index contributed by atoms with van der Waals surface area (Å²) >= 11 is 5.52. The summed E-state index contributed by atoms with van der Waals surface area (Å²) in [6, 6.07) is 2.73. The van der Waals surface area contributed by atoms with Gasteiger partial charge in [0.05, 0.1) is 5.02 Å². The Kier molecular flexibility index (Phi) is 2.10. The number of halogens is 1. The van der Waals surface area contributed by atoms with E-state index in [1.807, 2.05) is 0 Å². The predicted molar refractivity (Wildman–Crippen MR) is 43.3 cm³/mol. The van der Waals surface area contributed by atoms with Crippen LogP contribution in [0.15, 0.2) is 17.3 Å². The first-order chi connectivity index (χ1) is 5.15. The lowest BCUT2D eigenvalue weighted by molar-refractivity contribution is 0.475. The van der Waals surface area contributed by atoms with E-state index < -0.39 is 0 Å². The van der Waals surface area contributed by atoms with Crippen LogP contribution >= 0.6 is 11.6 Å². The van der Waals surface area contributed by atoms with E-state index in [2.05, 4.69) is 5.18 Å². The van der Waals surface area contributed by atoms with Crippen molar-refractivity contribution in [2.24, 2.45) is 5.18 Å². The largest absolute Gasteiger partial charge is 0.506 e. The van der Waals surface area contributed by atoms with Crippen LogP contribution in [0, 0.1) is 11.8 Å². The molecule has 0 aliphatic heterocycles. The van der Waals surface area contributed by atoms with E-state index in [9.17, 15) is 4.91 Å². The third-order valence-electron chi connectivity index (χ3n) is 1.36. The van der Waals surface area contributed by atoms with E-state index in [-0.39, 0.29) is 16.5 Å². The van der Waals surface area contributed by atoms with Crippen LogP contribution in [0.5, 0.6) is 5.75 Å². The molecule has 0 saturated heterocycles. The fourth-order valence-corrected chi connectivity index (χ4v) is 0.912. The van der Waals surface area contributed by atoms with Crippen molar-refractivity contribution in [1.82, 2.24) is 0 Å². The third kappa shape index (κ3) is 1.49. The number of hydrogen-bond acceptors (Lipinski definition) is 3. The first-order valence-electron chi connectivity index (χ1n) is 2.97. The molecule has 4 heteroatoms. The maximum absolute atomic E-state index is 10.1. The van der Waals surface area contributed by atoms with Gasteiger partial charge in [0, 0.05) is 0 Å². The summed E-state index contributed by atoms with van der Waals surface area (Å²) in [4.78, 5) is 10.1. The Balaban J connectivity index is 3.31. The van der Waals surface area contributed by atoms with Crippen molar-refractivity contribution < 1.29 is 5.11 Å². The molecule has 58 valence electrons. The van der Waals surface area contributed by atoms with E-state index >= 15 is 0 Å². The van der Waals surface area contributed by atoms with Gasteiger partial charge in [-0.25, -0.2) is 0 Å². The zero-order valence-electron chi connectivity index (χ0n) is 5.84. The minimum Gasteiger partial charge on any atom is -0.506 e. The Bertz CT molecular complexity index is 299. The smallest absolute Gasteiger partial charge is 0.134 e. The molecule has 0 aliphatic carbocycles. The summed E-state index contributed by atoms with van der Waals surface area (Å²) in [5.74, 6) is -0.0310. The summed E-state index contributed by atoms with van der Waals surface area (Å²) < 4.78 is 0. The molecular weight excluding hydrogens is 166 g/mol. The van der Waals surface area contributed by atoms with E-state index in [1.165, 1.54) is 12.1 Å². The lowest BCUT2D eigenvalue weighted by atomic mass is 10.2. The van der Waals surface area contributed by atoms with E-state index in [4.69, 9.17) is 16.7 Å². The third-order valence-corrected chi connectivity index (χ3v) is 1.67. The Morgan fingerprint density at radius 1 is 1.55 bits per heavy atom. The minimum atomic E-state index is -0.0310. The molecule has 11 heavy (non-hydrogen) atoms. The minimum absolute atomic E-state index is 0.0310. The van der Waals surface area contributed by atoms with Gasteiger partial charge < -0.3 is 5.11 Å². The van der Waals surface area contributed by atoms with Crippen molar-refractivity contribution in [2.45, 2.75) is 6.92 Å². The van der Waals surface area contributed by atoms with Gasteiger partial charge in [-0.05, 0) is 29.8 Å². The van der Waals surface area contributed by atoms with Crippen molar-refractivity contribution >= 4 is 17.3 Å². The van der Waals surface area contributed by atoms with Gasteiger partial charge >= 0.3 is 0 Å². The lowest BCUT2D eigenvalue weighted by Crippen LogP contribution is -1.74. The maximum Gasteiger partial charge on any atom is 0.134 e. The molecule has 0 spiro atoms. The van der Waals surface area contributed by atoms with Gasteiger partial charge in [-0.3, -0.25) is 0 Å². The summed E-state index contributed by atoms with van der Waals surface area (Å²) in [5, 5.41) is 11.9. The first kappa shape index (κ1) is 8.01. The second-order valence-corrected chi connectivity index (χ2v) is 2.59. The zero-order chi connectivity index (χ0) is 8.43. The Morgan fingerprint density at radius 2 is 2.18 bits per heavy atom. The predicted octanol–water partition coefficient (Wildman–Crippen LogP) is 2.75. The fraction of sp³-hybridized carbons (Fsp3) is 0.143. The van der Waals surface area contributed by atoms with Crippen LogP contribution in [0.4, 0.5) is 5.69 Å². The second-order valence-electron chi connectivity index (χ2n) is 2.18. The molecule has 1 aromatic carbocycles. The van der Waals surface area contributed by atoms with Crippen LogP contribution in [-0.2, 0) is 0 Å². The molecule has 0 bridgehead atoms. The van der Waals surface area contributed by atoms with E-state index in [1.54, 1.807) is 6.92 Å². The molecule has 0 saturated carbocycles. The number of nitrogens with zero attached hydrogens (tertiary/aromatic N) is 1. The highest BCUT2D eigenvalue weighted by molar-refractivity contribution is 6.32. The van der Waals surface area contributed by atoms with Gasteiger partial charge in [0.2, 0.25) is 0 Å². The molecule has 0 fully saturated rings. The molecule has 0 heterocycles. The normalized spacial score (nSPS) is 9.64. The van der Waals surface area contributed by atoms with Gasteiger partial charge in [0.25, 0.3) is 0 Å². The molecule has 0 aliphatic rings. The summed E-state index contributed by atoms with van der Waals surface area (Å²) in [5.41, 5.74) is 0.870. The highest BCUT2D eigenvalue weighted by atomic mass is 35.5. The number of hydrogen-bond donors (Lipinski definition) is 1. The van der Waals surface area contributed by atoms with Crippen molar-refractivity contribution in [2.75, 3.05) is 0 Å². The van der Waals surface area contributed by atoms with Crippen LogP contribution in [0.1, 0.15) is 5.56 Å². The average Bonchev–Trinajstić information content (AvgIpc) is 1.97. The van der Waals surface area contributed by atoms with E-state index in [0.717, 1.165) is 0 Å². The Hall–Kier alpha value is -1.09. The number of benzene rings is 1. The van der Waals surface area contributed by atoms with Gasteiger partial charge in [0.1, 0.15) is 11.4 Å². The van der Waals surface area contributed by atoms with Crippen LogP contribution < -0.4 is 0 Å². The Labute approximate surface area is 68.6 Å². The summed E-state index contributed by atoms with van der Waals surface area (Å²) in [6.07, 6.45) is 0. The molecular formula is C7H6ClNO2. The van der Waals surface area contributed by atoms with E-state index in [0.29, 0.717) is 5.56 Å². The topological polar surface area (TPSA) is 49.7 Å². The van der Waals surface area contributed by atoms with Crippen LogP contribution in [0.2, 0.25) is 5.02 Å². The molecule has 0 aromatic heterocycles. The molecule has 1 aromatic rings. The number of nitroso groups, excluding NO2 is 1. The number of phenolic OH excluding ortho intramolecular Hbond substituents is 1. The van der Waals surface area contributed by atoms with Gasteiger partial charge in [-0.1, -0.05) is 11.6 Å². The van der Waals surface area contributed by atoms with Crippen LogP contribution in [0.25, 0.3) is 0 Å². The number of aromatic hydroxyl groups is 1. The molecule has 0 radical (unpaired) electrons. The standard InChI is InChI=1S/C7H6ClNO2/c1-4-2-7(10)5(8)3-6(4)9-11/h2-3,10H,1H3. The quantitative estimate of drug-likeness (QED) is 0.661. The second kappa shape index (κ2) is 2.88. The molecule has 3 nitrogen and oxygen atoms in total. The van der Waals surface area contributed by atoms with Crippen molar-refractivity contribution in [3.63, 3.8) is 0 Å². The van der Waals surface area contributed by atoms with Gasteiger partial charge in [0.15, 0.2) is 0 Å². The fourth-order valence-electron chi connectivity index (χ4n) is 0.754. The molecule has 0 unspecified atom stereocenters. The van der Waals surface area contributed by atoms with Crippen molar-refractivity contribution in [3.8, 4) is 5.75 Å². The number of rotatable bonds is 1. The number of phenols is 1. The molecule has 0 amide bonds. The average molecular weight is 172 g/mol. The highest BCUT2D eigenvalue weighted by Gasteiger charge is 2.03. The molecule has 0 atom stereocenters. The monoisotopic (exact) mass is 171 g/mol. The zero-order valence-corrected chi connectivity index (χ0v) is 6.59. The Morgan fingerprint density at radius 3 is 2.73 bits per heavy atom. The van der Waals surface area contributed by atoms with Gasteiger partial charge in [-0.2, -0.15) is 0 Å². The molecule has 1 N–H and O–H groups in total.